The number of carbonyl (C=O) groups excluding carboxylic acids is 1. The molecule has 0 aromatic heterocycles. The summed E-state index contributed by atoms with van der Waals surface area (Å²) in [6.07, 6.45) is 0. The van der Waals surface area contributed by atoms with Crippen molar-refractivity contribution < 1.29 is 9.53 Å². The zero-order chi connectivity index (χ0) is 13.1. The van der Waals surface area contributed by atoms with Crippen LogP contribution in [0.4, 0.5) is 5.69 Å². The van der Waals surface area contributed by atoms with Crippen LogP contribution in [0.3, 0.4) is 0 Å². The number of carbonyl (C=O) groups is 1. The van der Waals surface area contributed by atoms with Crippen LogP contribution in [0.2, 0.25) is 0 Å². The maximum atomic E-state index is 11.3. The molecule has 0 heterocycles. The molecule has 4 nitrogen and oxygen atoms in total. The summed E-state index contributed by atoms with van der Waals surface area (Å²) in [5.41, 5.74) is 11.8. The summed E-state index contributed by atoms with van der Waals surface area (Å²) in [6.45, 7) is 0. The molecule has 0 aliphatic rings. The van der Waals surface area contributed by atoms with Gasteiger partial charge in [0.1, 0.15) is 11.5 Å². The van der Waals surface area contributed by atoms with Crippen molar-refractivity contribution in [1.82, 2.24) is 0 Å². The zero-order valence-corrected chi connectivity index (χ0v) is 11.0. The Balaban J connectivity index is 2.42. The number of benzene rings is 2. The van der Waals surface area contributed by atoms with E-state index in [1.165, 1.54) is 0 Å². The molecule has 1 amide bonds. The second-order valence-corrected chi connectivity index (χ2v) is 4.51. The Morgan fingerprint density at radius 2 is 1.83 bits per heavy atom. The Labute approximate surface area is 113 Å². The normalized spacial score (nSPS) is 10.1. The van der Waals surface area contributed by atoms with Gasteiger partial charge in [0.05, 0.1) is 10.0 Å². The molecule has 0 aliphatic carbocycles. The molecule has 0 radical (unpaired) electrons. The molecule has 18 heavy (non-hydrogen) atoms. The van der Waals surface area contributed by atoms with Crippen molar-refractivity contribution in [2.75, 3.05) is 5.73 Å². The first-order valence-corrected chi connectivity index (χ1v) is 5.99. The number of ether oxygens (including phenoxy) is 1. The van der Waals surface area contributed by atoms with Gasteiger partial charge in [-0.05, 0) is 40.2 Å². The fourth-order valence-corrected chi connectivity index (χ4v) is 1.84. The highest BCUT2D eigenvalue weighted by atomic mass is 79.9. The number of halogens is 1. The topological polar surface area (TPSA) is 78.3 Å². The van der Waals surface area contributed by atoms with Crippen molar-refractivity contribution in [2.45, 2.75) is 0 Å². The molecular formula is C13H11BrN2O2. The quantitative estimate of drug-likeness (QED) is 0.856. The highest BCUT2D eigenvalue weighted by Gasteiger charge is 2.11. The third-order valence-electron chi connectivity index (χ3n) is 2.33. The molecule has 0 fully saturated rings. The van der Waals surface area contributed by atoms with Crippen LogP contribution in [-0.4, -0.2) is 5.91 Å². The monoisotopic (exact) mass is 306 g/mol. The minimum atomic E-state index is -0.558. The van der Waals surface area contributed by atoms with Gasteiger partial charge < -0.3 is 16.2 Å². The molecule has 5 heteroatoms. The van der Waals surface area contributed by atoms with E-state index in [0.29, 0.717) is 22.7 Å². The van der Waals surface area contributed by atoms with Crippen molar-refractivity contribution in [3.8, 4) is 11.5 Å². The molecule has 0 aliphatic heterocycles. The predicted molar refractivity (Wildman–Crippen MR) is 73.6 cm³/mol. The highest BCUT2D eigenvalue weighted by molar-refractivity contribution is 9.10. The van der Waals surface area contributed by atoms with Crippen molar-refractivity contribution >= 4 is 27.5 Å². The summed E-state index contributed by atoms with van der Waals surface area (Å²) in [6, 6.07) is 12.0. The van der Waals surface area contributed by atoms with Gasteiger partial charge in [-0.2, -0.15) is 0 Å². The largest absolute Gasteiger partial charge is 0.455 e. The number of hydrogen-bond acceptors (Lipinski definition) is 3. The van der Waals surface area contributed by atoms with Crippen molar-refractivity contribution in [1.29, 1.82) is 0 Å². The number of hydrogen-bond donors (Lipinski definition) is 2. The number of para-hydroxylation sites is 1. The maximum Gasteiger partial charge on any atom is 0.252 e. The summed E-state index contributed by atoms with van der Waals surface area (Å²) in [7, 11) is 0. The van der Waals surface area contributed by atoms with Gasteiger partial charge in [0.15, 0.2) is 0 Å². The lowest BCUT2D eigenvalue weighted by Crippen LogP contribution is -2.12. The van der Waals surface area contributed by atoms with Gasteiger partial charge in [-0.3, -0.25) is 4.79 Å². The number of rotatable bonds is 3. The van der Waals surface area contributed by atoms with E-state index < -0.39 is 5.91 Å². The van der Waals surface area contributed by atoms with Crippen LogP contribution in [0, 0.1) is 0 Å². The number of nitrogen functional groups attached to an aromatic ring is 1. The number of nitrogens with two attached hydrogens (primary N) is 2. The molecule has 2 aromatic rings. The SMILES string of the molecule is NC(=O)c1ccc(N)cc1Oc1ccccc1Br. The molecular weight excluding hydrogens is 296 g/mol. The van der Waals surface area contributed by atoms with E-state index >= 15 is 0 Å². The van der Waals surface area contributed by atoms with Crippen LogP contribution in [0.15, 0.2) is 46.9 Å². The summed E-state index contributed by atoms with van der Waals surface area (Å²) in [5, 5.41) is 0. The molecule has 0 unspecified atom stereocenters. The standard InChI is InChI=1S/C13H11BrN2O2/c14-10-3-1-2-4-11(10)18-12-7-8(15)5-6-9(12)13(16)17/h1-7H,15H2,(H2,16,17). The third kappa shape index (κ3) is 2.62. The highest BCUT2D eigenvalue weighted by Crippen LogP contribution is 2.32. The summed E-state index contributed by atoms with van der Waals surface area (Å²) in [5.74, 6) is 0.372. The van der Waals surface area contributed by atoms with Crippen LogP contribution in [0.5, 0.6) is 11.5 Å². The Hall–Kier alpha value is -2.01. The van der Waals surface area contributed by atoms with E-state index in [1.807, 2.05) is 18.2 Å². The lowest BCUT2D eigenvalue weighted by Gasteiger charge is -2.11. The van der Waals surface area contributed by atoms with E-state index in [1.54, 1.807) is 24.3 Å². The minimum absolute atomic E-state index is 0.292. The molecule has 0 saturated heterocycles. The molecule has 0 bridgehead atoms. The Kier molecular flexibility index (Phi) is 3.53. The third-order valence-corrected chi connectivity index (χ3v) is 2.98. The van der Waals surface area contributed by atoms with Gasteiger partial charge in [-0.25, -0.2) is 0 Å². The average Bonchev–Trinajstić information content (AvgIpc) is 2.32. The van der Waals surface area contributed by atoms with E-state index in [4.69, 9.17) is 16.2 Å². The Morgan fingerprint density at radius 3 is 2.50 bits per heavy atom. The molecule has 4 N–H and O–H groups in total. The van der Waals surface area contributed by atoms with Crippen LogP contribution in [0.1, 0.15) is 10.4 Å². The summed E-state index contributed by atoms with van der Waals surface area (Å²) >= 11 is 3.36. The lowest BCUT2D eigenvalue weighted by molar-refractivity contribution is 0.0998. The Morgan fingerprint density at radius 1 is 1.11 bits per heavy atom. The first-order valence-electron chi connectivity index (χ1n) is 5.19. The van der Waals surface area contributed by atoms with Crippen LogP contribution < -0.4 is 16.2 Å². The van der Waals surface area contributed by atoms with Crippen LogP contribution in [0.25, 0.3) is 0 Å². The van der Waals surface area contributed by atoms with Crippen LogP contribution in [-0.2, 0) is 0 Å². The van der Waals surface area contributed by atoms with Gasteiger partial charge in [0.2, 0.25) is 0 Å². The zero-order valence-electron chi connectivity index (χ0n) is 9.39. The smallest absolute Gasteiger partial charge is 0.252 e. The fraction of sp³-hybridized carbons (Fsp3) is 0. The first-order chi connectivity index (χ1) is 8.58. The summed E-state index contributed by atoms with van der Waals surface area (Å²) in [4.78, 5) is 11.3. The number of amides is 1. The summed E-state index contributed by atoms with van der Waals surface area (Å²) < 4.78 is 6.44. The van der Waals surface area contributed by atoms with Crippen molar-refractivity contribution in [3.63, 3.8) is 0 Å². The fourth-order valence-electron chi connectivity index (χ4n) is 1.47. The van der Waals surface area contributed by atoms with Gasteiger partial charge in [-0.15, -0.1) is 0 Å². The second-order valence-electron chi connectivity index (χ2n) is 3.65. The molecule has 2 aromatic carbocycles. The number of primary amides is 1. The second kappa shape index (κ2) is 5.10. The molecule has 92 valence electrons. The molecule has 0 saturated carbocycles. The first kappa shape index (κ1) is 12.4. The lowest BCUT2D eigenvalue weighted by atomic mass is 10.1. The van der Waals surface area contributed by atoms with E-state index in [2.05, 4.69) is 15.9 Å². The van der Waals surface area contributed by atoms with Crippen molar-refractivity contribution in [3.05, 3.63) is 52.5 Å². The minimum Gasteiger partial charge on any atom is -0.455 e. The molecule has 0 atom stereocenters. The maximum absolute atomic E-state index is 11.3. The van der Waals surface area contributed by atoms with E-state index in [9.17, 15) is 4.79 Å². The van der Waals surface area contributed by atoms with Crippen LogP contribution >= 0.6 is 15.9 Å². The Bertz CT molecular complexity index is 599. The molecule has 0 spiro atoms. The van der Waals surface area contributed by atoms with E-state index in [0.717, 1.165) is 4.47 Å². The van der Waals surface area contributed by atoms with Gasteiger partial charge in [-0.1, -0.05) is 12.1 Å². The molecule has 2 rings (SSSR count). The average molecular weight is 307 g/mol. The van der Waals surface area contributed by atoms with Crippen molar-refractivity contribution in [2.24, 2.45) is 5.73 Å². The predicted octanol–water partition coefficient (Wildman–Crippen LogP) is 2.92. The van der Waals surface area contributed by atoms with Gasteiger partial charge in [0.25, 0.3) is 5.91 Å². The van der Waals surface area contributed by atoms with E-state index in [-0.39, 0.29) is 0 Å². The van der Waals surface area contributed by atoms with Gasteiger partial charge in [0, 0.05) is 11.8 Å². The number of anilines is 1. The van der Waals surface area contributed by atoms with Gasteiger partial charge >= 0.3 is 0 Å².